The molecule has 0 fully saturated rings. The molecule has 0 rings (SSSR count). The molecule has 0 bridgehead atoms. The third kappa shape index (κ3) is 26.7. The van der Waals surface area contributed by atoms with Gasteiger partial charge in [-0.15, -0.1) is 0 Å². The molecule has 1 N–H and O–H groups in total. The Balaban J connectivity index is 0. The zero-order valence-electron chi connectivity index (χ0n) is 17.0. The van der Waals surface area contributed by atoms with Crippen LogP contribution in [0.2, 0.25) is 0 Å². The Morgan fingerprint density at radius 3 is 1.09 bits per heavy atom. The highest BCUT2D eigenvalue weighted by Gasteiger charge is 2.06. The van der Waals surface area contributed by atoms with E-state index in [9.17, 15) is 0 Å². The maximum absolute atomic E-state index is 9.00. The summed E-state index contributed by atoms with van der Waals surface area (Å²) in [4.78, 5) is 9.00. The average Bonchev–Trinajstić information content (AvgIpc) is 2.37. The summed E-state index contributed by atoms with van der Waals surface area (Å²) >= 11 is 0. The molecule has 2 heteroatoms. The second-order valence-corrected chi connectivity index (χ2v) is 8.31. The topological polar surface area (TPSA) is 37.3 Å². The molecule has 0 aliphatic carbocycles. The van der Waals surface area contributed by atoms with Gasteiger partial charge in [0.05, 0.1) is 0 Å². The van der Waals surface area contributed by atoms with Gasteiger partial charge in [0.2, 0.25) is 0 Å². The summed E-state index contributed by atoms with van der Waals surface area (Å²) in [6, 6.07) is 0. The second kappa shape index (κ2) is 16.3. The third-order valence-corrected chi connectivity index (χ3v) is 4.35. The van der Waals surface area contributed by atoms with Crippen LogP contribution in [0.1, 0.15) is 106 Å². The number of carboxylic acids is 1. The lowest BCUT2D eigenvalue weighted by atomic mass is 9.91. The van der Waals surface area contributed by atoms with Crippen LogP contribution in [-0.2, 0) is 4.79 Å². The molecular formula is C21H44O2. The van der Waals surface area contributed by atoms with E-state index in [-0.39, 0.29) is 0 Å². The Labute approximate surface area is 146 Å². The Bertz CT molecular complexity index is 235. The largest absolute Gasteiger partial charge is 0.481 e. The Hall–Kier alpha value is -0.530. The predicted molar refractivity (Wildman–Crippen MR) is 103 cm³/mol. The molecule has 0 heterocycles. The molecule has 0 aliphatic rings. The maximum Gasteiger partial charge on any atom is 0.300 e. The molecule has 0 amide bonds. The van der Waals surface area contributed by atoms with Crippen LogP contribution in [0.5, 0.6) is 0 Å². The van der Waals surface area contributed by atoms with Gasteiger partial charge in [-0.2, -0.15) is 0 Å². The van der Waals surface area contributed by atoms with E-state index in [0.717, 1.165) is 30.6 Å². The first-order valence-electron chi connectivity index (χ1n) is 9.84. The molecule has 0 aromatic heterocycles. The number of hydrogen-bond acceptors (Lipinski definition) is 1. The molecule has 0 saturated carbocycles. The molecule has 2 unspecified atom stereocenters. The van der Waals surface area contributed by atoms with Crippen molar-refractivity contribution in [1.82, 2.24) is 0 Å². The van der Waals surface area contributed by atoms with E-state index in [1.54, 1.807) is 0 Å². The summed E-state index contributed by atoms with van der Waals surface area (Å²) < 4.78 is 0. The molecular weight excluding hydrogens is 284 g/mol. The highest BCUT2D eigenvalue weighted by atomic mass is 16.4. The fourth-order valence-corrected chi connectivity index (χ4v) is 2.85. The van der Waals surface area contributed by atoms with Crippen LogP contribution in [0.4, 0.5) is 0 Å². The predicted octanol–water partition coefficient (Wildman–Crippen LogP) is 7.17. The summed E-state index contributed by atoms with van der Waals surface area (Å²) in [6.45, 7) is 15.3. The summed E-state index contributed by atoms with van der Waals surface area (Å²) in [5, 5.41) is 7.42. The number of carboxylic acid groups (broad SMARTS) is 1. The molecule has 0 aromatic rings. The fourth-order valence-electron chi connectivity index (χ4n) is 2.85. The molecule has 23 heavy (non-hydrogen) atoms. The lowest BCUT2D eigenvalue weighted by Gasteiger charge is -2.15. The first kappa shape index (κ1) is 24.7. The lowest BCUT2D eigenvalue weighted by molar-refractivity contribution is -0.134. The van der Waals surface area contributed by atoms with Crippen molar-refractivity contribution in [2.75, 3.05) is 0 Å². The second-order valence-electron chi connectivity index (χ2n) is 8.31. The van der Waals surface area contributed by atoms with Gasteiger partial charge in [0.1, 0.15) is 0 Å². The minimum Gasteiger partial charge on any atom is -0.481 e. The van der Waals surface area contributed by atoms with Gasteiger partial charge < -0.3 is 5.11 Å². The number of aliphatic carboxylic acids is 1. The van der Waals surface area contributed by atoms with Crippen molar-refractivity contribution in [1.29, 1.82) is 0 Å². The zero-order valence-corrected chi connectivity index (χ0v) is 17.0. The van der Waals surface area contributed by atoms with Crippen molar-refractivity contribution in [3.8, 4) is 0 Å². The standard InChI is InChI=1S/C19H40.C2H4O2/c1-16(2)10-7-12-18(5)14-9-15-19(6)13-8-11-17(3)4;1-2(3)4/h16-19H,7-15H2,1-6H3;1H3,(H,3,4). The number of hydrogen-bond donors (Lipinski definition) is 1. The van der Waals surface area contributed by atoms with Crippen LogP contribution in [-0.4, -0.2) is 11.1 Å². The zero-order chi connectivity index (χ0) is 18.3. The van der Waals surface area contributed by atoms with Crippen LogP contribution in [0, 0.1) is 23.7 Å². The van der Waals surface area contributed by atoms with Crippen LogP contribution < -0.4 is 0 Å². The van der Waals surface area contributed by atoms with Gasteiger partial charge in [-0.3, -0.25) is 4.79 Å². The van der Waals surface area contributed by atoms with Gasteiger partial charge in [0, 0.05) is 6.92 Å². The molecule has 2 nitrogen and oxygen atoms in total. The van der Waals surface area contributed by atoms with Crippen molar-refractivity contribution in [2.45, 2.75) is 106 Å². The summed E-state index contributed by atoms with van der Waals surface area (Å²) in [5.74, 6) is 2.82. The first-order valence-corrected chi connectivity index (χ1v) is 9.84. The Kier molecular flexibility index (Phi) is 17.6. The summed E-state index contributed by atoms with van der Waals surface area (Å²) in [6.07, 6.45) is 12.9. The average molecular weight is 329 g/mol. The Morgan fingerprint density at radius 2 is 0.870 bits per heavy atom. The Morgan fingerprint density at radius 1 is 0.652 bits per heavy atom. The third-order valence-electron chi connectivity index (χ3n) is 4.35. The highest BCUT2D eigenvalue weighted by molar-refractivity contribution is 5.62. The van der Waals surface area contributed by atoms with Crippen molar-refractivity contribution in [2.24, 2.45) is 23.7 Å². The van der Waals surface area contributed by atoms with Crippen molar-refractivity contribution >= 4 is 5.97 Å². The molecule has 0 spiro atoms. The highest BCUT2D eigenvalue weighted by Crippen LogP contribution is 2.21. The van der Waals surface area contributed by atoms with E-state index in [2.05, 4.69) is 41.5 Å². The molecule has 2 atom stereocenters. The van der Waals surface area contributed by atoms with Crippen LogP contribution in [0.3, 0.4) is 0 Å². The number of carbonyl (C=O) groups is 1. The minimum absolute atomic E-state index is 0.833. The van der Waals surface area contributed by atoms with Crippen LogP contribution in [0.25, 0.3) is 0 Å². The SMILES string of the molecule is CC(=O)O.CC(C)CCCC(C)CCCC(C)CCCC(C)C. The molecule has 0 aliphatic heterocycles. The van der Waals surface area contributed by atoms with Crippen molar-refractivity contribution in [3.05, 3.63) is 0 Å². The van der Waals surface area contributed by atoms with E-state index < -0.39 is 5.97 Å². The number of rotatable bonds is 12. The van der Waals surface area contributed by atoms with E-state index in [4.69, 9.17) is 9.90 Å². The van der Waals surface area contributed by atoms with Gasteiger partial charge in [-0.25, -0.2) is 0 Å². The molecule has 0 saturated heterocycles. The lowest BCUT2D eigenvalue weighted by Crippen LogP contribution is -2.00. The van der Waals surface area contributed by atoms with Gasteiger partial charge in [0.25, 0.3) is 5.97 Å². The maximum atomic E-state index is 9.00. The monoisotopic (exact) mass is 328 g/mol. The molecule has 0 aromatic carbocycles. The smallest absolute Gasteiger partial charge is 0.300 e. The van der Waals surface area contributed by atoms with Gasteiger partial charge >= 0.3 is 0 Å². The fraction of sp³-hybridized carbons (Fsp3) is 0.952. The van der Waals surface area contributed by atoms with E-state index in [0.29, 0.717) is 0 Å². The quantitative estimate of drug-likeness (QED) is 0.412. The summed E-state index contributed by atoms with van der Waals surface area (Å²) in [5.41, 5.74) is 0. The van der Waals surface area contributed by atoms with Crippen molar-refractivity contribution < 1.29 is 9.90 Å². The van der Waals surface area contributed by atoms with Crippen LogP contribution in [0.15, 0.2) is 0 Å². The normalized spacial score (nSPS) is 13.6. The minimum atomic E-state index is -0.833. The summed E-state index contributed by atoms with van der Waals surface area (Å²) in [7, 11) is 0. The van der Waals surface area contributed by atoms with Crippen LogP contribution >= 0.6 is 0 Å². The van der Waals surface area contributed by atoms with Gasteiger partial charge in [-0.1, -0.05) is 99.3 Å². The van der Waals surface area contributed by atoms with Gasteiger partial charge in [0.15, 0.2) is 0 Å². The van der Waals surface area contributed by atoms with E-state index in [1.807, 2.05) is 0 Å². The van der Waals surface area contributed by atoms with E-state index >= 15 is 0 Å². The van der Waals surface area contributed by atoms with Crippen molar-refractivity contribution in [3.63, 3.8) is 0 Å². The van der Waals surface area contributed by atoms with E-state index in [1.165, 1.54) is 57.8 Å². The molecule has 0 radical (unpaired) electrons. The molecule has 140 valence electrons. The first-order chi connectivity index (χ1) is 10.6. The van der Waals surface area contributed by atoms with Gasteiger partial charge in [-0.05, 0) is 23.7 Å².